The van der Waals surface area contributed by atoms with Crippen molar-refractivity contribution in [2.45, 2.75) is 32.3 Å². The maximum Gasteiger partial charge on any atom is 0.245 e. The molecule has 1 saturated heterocycles. The maximum atomic E-state index is 11.6. The van der Waals surface area contributed by atoms with Gasteiger partial charge >= 0.3 is 0 Å². The second kappa shape index (κ2) is 8.47. The number of nitrogens with one attached hydrogen (secondary N) is 1. The zero-order chi connectivity index (χ0) is 18.4. The third-order valence-corrected chi connectivity index (χ3v) is 4.46. The number of carbonyl (C=O) groups is 1. The average Bonchev–Trinajstić information content (AvgIpc) is 2.70. The number of hydrogen-bond donors (Lipinski definition) is 1. The van der Waals surface area contributed by atoms with Crippen LogP contribution in [-0.2, 0) is 11.2 Å². The molecule has 1 aromatic heterocycles. The van der Waals surface area contributed by atoms with Crippen molar-refractivity contribution in [2.24, 2.45) is 0 Å². The Morgan fingerprint density at radius 1 is 1.27 bits per heavy atom. The van der Waals surface area contributed by atoms with Crippen LogP contribution in [0.2, 0.25) is 0 Å². The molecule has 26 heavy (non-hydrogen) atoms. The summed E-state index contributed by atoms with van der Waals surface area (Å²) in [6, 6.07) is 7.76. The van der Waals surface area contributed by atoms with E-state index in [9.17, 15) is 4.79 Å². The van der Waals surface area contributed by atoms with Gasteiger partial charge in [-0.05, 0) is 42.3 Å². The molecule has 0 aliphatic carbocycles. The Kier molecular flexibility index (Phi) is 5.84. The lowest BCUT2D eigenvalue weighted by molar-refractivity contribution is -0.127. The summed E-state index contributed by atoms with van der Waals surface area (Å²) >= 11 is 0. The van der Waals surface area contributed by atoms with Crippen LogP contribution in [0.4, 0.5) is 11.6 Å². The second-order valence-corrected chi connectivity index (χ2v) is 6.26. The largest absolute Gasteiger partial charge is 0.490 e. The molecule has 2 aromatic rings. The molecule has 0 atom stereocenters. The van der Waals surface area contributed by atoms with E-state index in [1.165, 1.54) is 6.08 Å². The van der Waals surface area contributed by atoms with Crippen LogP contribution in [0.15, 0.2) is 49.3 Å². The smallest absolute Gasteiger partial charge is 0.245 e. The Labute approximate surface area is 153 Å². The highest BCUT2D eigenvalue weighted by atomic mass is 16.5. The van der Waals surface area contributed by atoms with Gasteiger partial charge in [0.2, 0.25) is 11.9 Å². The van der Waals surface area contributed by atoms with Gasteiger partial charge in [-0.1, -0.05) is 13.5 Å². The van der Waals surface area contributed by atoms with Crippen molar-refractivity contribution in [1.82, 2.24) is 14.9 Å². The van der Waals surface area contributed by atoms with E-state index in [1.807, 2.05) is 41.6 Å². The van der Waals surface area contributed by atoms with Crippen molar-refractivity contribution in [3.8, 4) is 5.75 Å². The van der Waals surface area contributed by atoms with Crippen LogP contribution < -0.4 is 10.1 Å². The molecule has 6 heteroatoms. The Morgan fingerprint density at radius 3 is 2.50 bits per heavy atom. The van der Waals surface area contributed by atoms with Crippen molar-refractivity contribution < 1.29 is 9.53 Å². The van der Waals surface area contributed by atoms with Crippen molar-refractivity contribution in [3.05, 3.63) is 54.9 Å². The normalized spacial score (nSPS) is 14.7. The minimum Gasteiger partial charge on any atom is -0.490 e. The Morgan fingerprint density at radius 2 is 1.92 bits per heavy atom. The number of hydrogen-bond acceptors (Lipinski definition) is 5. The van der Waals surface area contributed by atoms with E-state index in [0.29, 0.717) is 19.0 Å². The molecule has 1 N–H and O–H groups in total. The summed E-state index contributed by atoms with van der Waals surface area (Å²) in [5.74, 6) is 1.40. The van der Waals surface area contributed by atoms with Crippen LogP contribution >= 0.6 is 0 Å². The summed E-state index contributed by atoms with van der Waals surface area (Å²) in [5, 5.41) is 3.18. The number of carbonyl (C=O) groups excluding carboxylic acids is 1. The topological polar surface area (TPSA) is 67.3 Å². The Bertz CT molecular complexity index is 735. The van der Waals surface area contributed by atoms with Gasteiger partial charge < -0.3 is 15.0 Å². The third kappa shape index (κ3) is 4.59. The Balaban J connectivity index is 1.51. The van der Waals surface area contributed by atoms with Gasteiger partial charge in [-0.15, -0.1) is 0 Å². The van der Waals surface area contributed by atoms with Crippen LogP contribution in [0.3, 0.4) is 0 Å². The SMILES string of the molecule is C=CC(=O)N1CCC(Oc2ccc(Nc3ncc(CC)cn3)cc2)CC1. The van der Waals surface area contributed by atoms with E-state index in [1.54, 1.807) is 0 Å². The fourth-order valence-corrected chi connectivity index (χ4v) is 2.86. The molecule has 1 aliphatic heterocycles. The number of aromatic nitrogens is 2. The van der Waals surface area contributed by atoms with Gasteiger partial charge in [-0.3, -0.25) is 4.79 Å². The first-order chi connectivity index (χ1) is 12.7. The molecule has 0 saturated carbocycles. The van der Waals surface area contributed by atoms with Gasteiger partial charge in [-0.25, -0.2) is 9.97 Å². The van der Waals surface area contributed by atoms with E-state index < -0.39 is 0 Å². The number of anilines is 2. The predicted octanol–water partition coefficient (Wildman–Crippen LogP) is 3.34. The molecule has 2 heterocycles. The first-order valence-electron chi connectivity index (χ1n) is 8.94. The third-order valence-electron chi connectivity index (χ3n) is 4.46. The summed E-state index contributed by atoms with van der Waals surface area (Å²) in [6.07, 6.45) is 7.74. The average molecular weight is 352 g/mol. The summed E-state index contributed by atoms with van der Waals surface area (Å²) in [5.41, 5.74) is 2.02. The number of amides is 1. The number of ether oxygens (including phenoxy) is 1. The lowest BCUT2D eigenvalue weighted by Crippen LogP contribution is -2.41. The maximum absolute atomic E-state index is 11.6. The molecule has 1 amide bonds. The second-order valence-electron chi connectivity index (χ2n) is 6.26. The summed E-state index contributed by atoms with van der Waals surface area (Å²) in [7, 11) is 0. The molecule has 0 bridgehead atoms. The molecular formula is C20H24N4O2. The van der Waals surface area contributed by atoms with Gasteiger partial charge in [0.25, 0.3) is 0 Å². The number of likely N-dealkylation sites (tertiary alicyclic amines) is 1. The highest BCUT2D eigenvalue weighted by Crippen LogP contribution is 2.22. The van der Waals surface area contributed by atoms with Crippen molar-refractivity contribution in [3.63, 3.8) is 0 Å². The number of rotatable bonds is 6. The summed E-state index contributed by atoms with van der Waals surface area (Å²) in [4.78, 5) is 22.0. The summed E-state index contributed by atoms with van der Waals surface area (Å²) in [6.45, 7) is 7.02. The lowest BCUT2D eigenvalue weighted by Gasteiger charge is -2.31. The molecule has 0 spiro atoms. The molecule has 0 radical (unpaired) electrons. The number of benzene rings is 1. The lowest BCUT2D eigenvalue weighted by atomic mass is 10.1. The molecular weight excluding hydrogens is 328 g/mol. The van der Waals surface area contributed by atoms with Gasteiger partial charge in [0.15, 0.2) is 0 Å². The van der Waals surface area contributed by atoms with Crippen LogP contribution in [-0.4, -0.2) is 40.0 Å². The zero-order valence-electron chi connectivity index (χ0n) is 15.0. The molecule has 136 valence electrons. The standard InChI is InChI=1S/C20H24N4O2/c1-3-15-13-21-20(22-14-15)23-16-5-7-17(8-6-16)26-18-9-11-24(12-10-18)19(25)4-2/h4-8,13-14,18H,2-3,9-12H2,1H3,(H,21,22,23). The zero-order valence-corrected chi connectivity index (χ0v) is 15.0. The van der Waals surface area contributed by atoms with Gasteiger partial charge in [0.1, 0.15) is 11.9 Å². The van der Waals surface area contributed by atoms with Crippen LogP contribution in [0, 0.1) is 0 Å². The van der Waals surface area contributed by atoms with Gasteiger partial charge in [0.05, 0.1) is 0 Å². The quantitative estimate of drug-likeness (QED) is 0.808. The number of aryl methyl sites for hydroxylation is 1. The fourth-order valence-electron chi connectivity index (χ4n) is 2.86. The molecule has 3 rings (SSSR count). The van der Waals surface area contributed by atoms with Crippen LogP contribution in [0.1, 0.15) is 25.3 Å². The molecule has 1 aromatic carbocycles. The van der Waals surface area contributed by atoms with E-state index in [2.05, 4.69) is 28.8 Å². The van der Waals surface area contributed by atoms with Crippen molar-refractivity contribution in [1.29, 1.82) is 0 Å². The van der Waals surface area contributed by atoms with Gasteiger partial charge in [-0.2, -0.15) is 0 Å². The monoisotopic (exact) mass is 352 g/mol. The Hall–Kier alpha value is -2.89. The number of piperidine rings is 1. The predicted molar refractivity (Wildman–Crippen MR) is 102 cm³/mol. The molecule has 1 fully saturated rings. The first kappa shape index (κ1) is 17.9. The number of nitrogens with zero attached hydrogens (tertiary/aromatic N) is 3. The summed E-state index contributed by atoms with van der Waals surface area (Å²) < 4.78 is 6.03. The highest BCUT2D eigenvalue weighted by molar-refractivity contribution is 5.87. The van der Waals surface area contributed by atoms with Crippen molar-refractivity contribution >= 4 is 17.5 Å². The van der Waals surface area contributed by atoms with E-state index in [0.717, 1.165) is 36.3 Å². The first-order valence-corrected chi connectivity index (χ1v) is 8.94. The van der Waals surface area contributed by atoms with Crippen LogP contribution in [0.5, 0.6) is 5.75 Å². The molecule has 6 nitrogen and oxygen atoms in total. The van der Waals surface area contributed by atoms with E-state index in [4.69, 9.17) is 4.74 Å². The molecule has 1 aliphatic rings. The van der Waals surface area contributed by atoms with E-state index in [-0.39, 0.29) is 12.0 Å². The van der Waals surface area contributed by atoms with E-state index >= 15 is 0 Å². The fraction of sp³-hybridized carbons (Fsp3) is 0.350. The van der Waals surface area contributed by atoms with Crippen LogP contribution in [0.25, 0.3) is 0 Å². The minimum atomic E-state index is -0.00642. The van der Waals surface area contributed by atoms with Gasteiger partial charge in [0, 0.05) is 44.0 Å². The molecule has 0 unspecified atom stereocenters. The minimum absolute atomic E-state index is 0.00642. The highest BCUT2D eigenvalue weighted by Gasteiger charge is 2.22. The van der Waals surface area contributed by atoms with Crippen molar-refractivity contribution in [2.75, 3.05) is 18.4 Å².